The highest BCUT2D eigenvalue weighted by Crippen LogP contribution is 2.27. The fraction of sp³-hybridized carbons (Fsp3) is 0.143. The summed E-state index contributed by atoms with van der Waals surface area (Å²) in [7, 11) is 0. The van der Waals surface area contributed by atoms with Crippen molar-refractivity contribution in [1.82, 2.24) is 5.43 Å². The summed E-state index contributed by atoms with van der Waals surface area (Å²) in [4.78, 5) is 0. The molecule has 0 aliphatic rings. The maximum Gasteiger partial charge on any atom is 0.128 e. The standard InChI is InChI=1S/C14H13F3N2/c1-8-6-9(15)2-4-11(8)14(19-18)12-7-10(16)3-5-13(12)17/h2-7,14,19H,18H2,1H3. The predicted octanol–water partition coefficient (Wildman–Crippen LogP) is 2.97. The van der Waals surface area contributed by atoms with Crippen LogP contribution < -0.4 is 11.3 Å². The third-order valence-electron chi connectivity index (χ3n) is 2.98. The number of nitrogens with two attached hydrogens (primary N) is 1. The van der Waals surface area contributed by atoms with E-state index in [0.29, 0.717) is 11.1 Å². The molecule has 2 rings (SSSR count). The Kier molecular flexibility index (Phi) is 3.87. The molecule has 1 atom stereocenters. The maximum atomic E-state index is 13.8. The van der Waals surface area contributed by atoms with Gasteiger partial charge in [-0.1, -0.05) is 6.07 Å². The fourth-order valence-electron chi connectivity index (χ4n) is 2.05. The van der Waals surface area contributed by atoms with Gasteiger partial charge in [0.05, 0.1) is 6.04 Å². The molecule has 2 aromatic carbocycles. The van der Waals surface area contributed by atoms with Gasteiger partial charge < -0.3 is 0 Å². The molecular weight excluding hydrogens is 253 g/mol. The van der Waals surface area contributed by atoms with E-state index in [1.165, 1.54) is 18.2 Å². The second-order valence-corrected chi connectivity index (χ2v) is 4.27. The van der Waals surface area contributed by atoms with Crippen LogP contribution in [-0.2, 0) is 0 Å². The highest BCUT2D eigenvalue weighted by molar-refractivity contribution is 5.37. The molecule has 0 heterocycles. The van der Waals surface area contributed by atoms with Gasteiger partial charge in [0.2, 0.25) is 0 Å². The second kappa shape index (κ2) is 5.42. The Morgan fingerprint density at radius 2 is 1.58 bits per heavy atom. The zero-order valence-electron chi connectivity index (χ0n) is 10.3. The first-order valence-electron chi connectivity index (χ1n) is 5.70. The Balaban J connectivity index is 2.52. The van der Waals surface area contributed by atoms with Crippen LogP contribution in [0, 0.1) is 24.4 Å². The van der Waals surface area contributed by atoms with Crippen LogP contribution in [0.25, 0.3) is 0 Å². The van der Waals surface area contributed by atoms with Gasteiger partial charge >= 0.3 is 0 Å². The number of aryl methyl sites for hydroxylation is 1. The van der Waals surface area contributed by atoms with Gasteiger partial charge in [0.1, 0.15) is 17.5 Å². The number of hydrogen-bond acceptors (Lipinski definition) is 2. The molecule has 3 N–H and O–H groups in total. The number of hydrazine groups is 1. The van der Waals surface area contributed by atoms with Crippen molar-refractivity contribution >= 4 is 0 Å². The van der Waals surface area contributed by atoms with Crippen LogP contribution in [0.4, 0.5) is 13.2 Å². The topological polar surface area (TPSA) is 38.0 Å². The third kappa shape index (κ3) is 2.77. The van der Waals surface area contributed by atoms with Crippen LogP contribution in [0.15, 0.2) is 36.4 Å². The predicted molar refractivity (Wildman–Crippen MR) is 66.7 cm³/mol. The van der Waals surface area contributed by atoms with Gasteiger partial charge in [0, 0.05) is 5.56 Å². The first-order valence-corrected chi connectivity index (χ1v) is 5.70. The molecule has 100 valence electrons. The zero-order valence-corrected chi connectivity index (χ0v) is 10.3. The van der Waals surface area contributed by atoms with Gasteiger partial charge in [0.15, 0.2) is 0 Å². The molecule has 0 aliphatic carbocycles. The lowest BCUT2D eigenvalue weighted by atomic mass is 9.95. The van der Waals surface area contributed by atoms with Crippen LogP contribution in [0.5, 0.6) is 0 Å². The van der Waals surface area contributed by atoms with Gasteiger partial charge in [-0.2, -0.15) is 0 Å². The van der Waals surface area contributed by atoms with Crippen molar-refractivity contribution in [2.75, 3.05) is 0 Å². The molecule has 1 unspecified atom stereocenters. The number of benzene rings is 2. The van der Waals surface area contributed by atoms with E-state index in [9.17, 15) is 13.2 Å². The van der Waals surface area contributed by atoms with Gasteiger partial charge in [0.25, 0.3) is 0 Å². The molecule has 2 aromatic rings. The van der Waals surface area contributed by atoms with Gasteiger partial charge in [-0.25, -0.2) is 18.6 Å². The molecule has 2 nitrogen and oxygen atoms in total. The monoisotopic (exact) mass is 266 g/mol. The highest BCUT2D eigenvalue weighted by atomic mass is 19.1. The van der Waals surface area contributed by atoms with Crippen LogP contribution in [0.3, 0.4) is 0 Å². The van der Waals surface area contributed by atoms with E-state index in [4.69, 9.17) is 5.84 Å². The fourth-order valence-corrected chi connectivity index (χ4v) is 2.05. The van der Waals surface area contributed by atoms with Crippen molar-refractivity contribution in [1.29, 1.82) is 0 Å². The van der Waals surface area contributed by atoms with E-state index >= 15 is 0 Å². The van der Waals surface area contributed by atoms with E-state index < -0.39 is 23.5 Å². The van der Waals surface area contributed by atoms with Crippen LogP contribution in [-0.4, -0.2) is 0 Å². The normalized spacial score (nSPS) is 12.5. The molecule has 0 aliphatic heterocycles. The van der Waals surface area contributed by atoms with Gasteiger partial charge in [-0.05, 0) is 48.4 Å². The highest BCUT2D eigenvalue weighted by Gasteiger charge is 2.19. The molecule has 0 bridgehead atoms. The Morgan fingerprint density at radius 3 is 2.21 bits per heavy atom. The molecule has 0 radical (unpaired) electrons. The summed E-state index contributed by atoms with van der Waals surface area (Å²) in [6.07, 6.45) is 0. The maximum absolute atomic E-state index is 13.8. The van der Waals surface area contributed by atoms with Crippen LogP contribution >= 0.6 is 0 Å². The lowest BCUT2D eigenvalue weighted by Gasteiger charge is -2.19. The Morgan fingerprint density at radius 1 is 0.947 bits per heavy atom. The molecule has 0 saturated heterocycles. The lowest BCUT2D eigenvalue weighted by Crippen LogP contribution is -2.30. The number of halogens is 3. The summed E-state index contributed by atoms with van der Waals surface area (Å²) < 4.78 is 40.1. The molecule has 0 spiro atoms. The molecular formula is C14H13F3N2. The molecule has 0 saturated carbocycles. The third-order valence-corrected chi connectivity index (χ3v) is 2.98. The molecule has 0 fully saturated rings. The smallest absolute Gasteiger partial charge is 0.128 e. The van der Waals surface area contributed by atoms with Gasteiger partial charge in [-0.3, -0.25) is 5.84 Å². The molecule has 0 amide bonds. The number of rotatable bonds is 3. The Labute approximate surface area is 109 Å². The van der Waals surface area contributed by atoms with Crippen molar-refractivity contribution < 1.29 is 13.2 Å². The van der Waals surface area contributed by atoms with Crippen LogP contribution in [0.2, 0.25) is 0 Å². The van der Waals surface area contributed by atoms with Crippen molar-refractivity contribution in [2.24, 2.45) is 5.84 Å². The summed E-state index contributed by atoms with van der Waals surface area (Å²) in [5, 5.41) is 0. The summed E-state index contributed by atoms with van der Waals surface area (Å²) in [6.45, 7) is 1.68. The minimum absolute atomic E-state index is 0.0807. The van der Waals surface area contributed by atoms with E-state index in [-0.39, 0.29) is 5.56 Å². The largest absolute Gasteiger partial charge is 0.271 e. The minimum Gasteiger partial charge on any atom is -0.271 e. The van der Waals surface area contributed by atoms with E-state index in [1.54, 1.807) is 6.92 Å². The number of nitrogens with one attached hydrogen (secondary N) is 1. The summed E-state index contributed by atoms with van der Waals surface area (Å²) >= 11 is 0. The van der Waals surface area contributed by atoms with E-state index in [0.717, 1.165) is 18.2 Å². The summed E-state index contributed by atoms with van der Waals surface area (Å²) in [5.74, 6) is 3.90. The SMILES string of the molecule is Cc1cc(F)ccc1C(NN)c1cc(F)ccc1F. The van der Waals surface area contributed by atoms with E-state index in [1.807, 2.05) is 0 Å². The first kappa shape index (κ1) is 13.6. The quantitative estimate of drug-likeness (QED) is 0.662. The zero-order chi connectivity index (χ0) is 14.0. The van der Waals surface area contributed by atoms with E-state index in [2.05, 4.69) is 5.43 Å². The van der Waals surface area contributed by atoms with Crippen molar-refractivity contribution in [3.63, 3.8) is 0 Å². The molecule has 19 heavy (non-hydrogen) atoms. The molecule has 5 heteroatoms. The second-order valence-electron chi connectivity index (χ2n) is 4.27. The summed E-state index contributed by atoms with van der Waals surface area (Å²) in [5.41, 5.74) is 3.71. The Hall–Kier alpha value is -1.85. The average Bonchev–Trinajstić information content (AvgIpc) is 2.36. The van der Waals surface area contributed by atoms with Crippen molar-refractivity contribution in [2.45, 2.75) is 13.0 Å². The van der Waals surface area contributed by atoms with Gasteiger partial charge in [-0.15, -0.1) is 0 Å². The van der Waals surface area contributed by atoms with Crippen molar-refractivity contribution in [3.05, 3.63) is 70.5 Å². The first-order chi connectivity index (χ1) is 9.02. The average molecular weight is 266 g/mol. The minimum atomic E-state index is -0.740. The number of hydrogen-bond donors (Lipinski definition) is 2. The summed E-state index contributed by atoms with van der Waals surface area (Å²) in [6, 6.07) is 6.47. The van der Waals surface area contributed by atoms with Crippen molar-refractivity contribution in [3.8, 4) is 0 Å². The van der Waals surface area contributed by atoms with Crippen LogP contribution in [0.1, 0.15) is 22.7 Å². The Bertz CT molecular complexity index is 599. The molecule has 0 aromatic heterocycles. The lowest BCUT2D eigenvalue weighted by molar-refractivity contribution is 0.543.